The van der Waals surface area contributed by atoms with E-state index in [0.29, 0.717) is 19.4 Å². The summed E-state index contributed by atoms with van der Waals surface area (Å²) in [4.78, 5) is 28.9. The van der Waals surface area contributed by atoms with E-state index in [-0.39, 0.29) is 17.1 Å². The first-order valence-electron chi connectivity index (χ1n) is 6.29. The van der Waals surface area contributed by atoms with Crippen molar-refractivity contribution in [3.05, 3.63) is 28.8 Å². The number of carbonyl (C=O) groups excluding carboxylic acids is 1. The van der Waals surface area contributed by atoms with Gasteiger partial charge in [-0.05, 0) is 25.3 Å². The minimum atomic E-state index is -1.24. The molecule has 1 fully saturated rings. The molecule has 1 aromatic heterocycles. The average molecular weight is 301 g/mol. The van der Waals surface area contributed by atoms with Crippen LogP contribution in [0.1, 0.15) is 36.5 Å². The lowest BCUT2D eigenvalue weighted by Crippen LogP contribution is -2.52. The van der Waals surface area contributed by atoms with Gasteiger partial charge in [-0.25, -0.2) is 14.2 Å². The molecule has 1 unspecified atom stereocenters. The Kier molecular flexibility index (Phi) is 3.94. The van der Waals surface area contributed by atoms with Gasteiger partial charge in [0.1, 0.15) is 16.5 Å². The molecule has 0 spiro atoms. The Labute approximate surface area is 120 Å². The van der Waals surface area contributed by atoms with Gasteiger partial charge in [0.2, 0.25) is 0 Å². The molecule has 1 aromatic rings. The van der Waals surface area contributed by atoms with E-state index in [1.807, 2.05) is 0 Å². The second kappa shape index (κ2) is 5.36. The molecule has 0 aromatic carbocycles. The SMILES string of the molecule is CCC1(C(=O)O)CCCN1C(=O)c1cc(F)cnc1Cl. The highest BCUT2D eigenvalue weighted by atomic mass is 35.5. The second-order valence-corrected chi connectivity index (χ2v) is 5.10. The molecule has 0 aliphatic carbocycles. The van der Waals surface area contributed by atoms with Crippen LogP contribution in [-0.4, -0.2) is 39.0 Å². The maximum Gasteiger partial charge on any atom is 0.329 e. The molecule has 7 heteroatoms. The Morgan fingerprint density at radius 3 is 2.90 bits per heavy atom. The molecular weight excluding hydrogens is 287 g/mol. The van der Waals surface area contributed by atoms with Crippen LogP contribution >= 0.6 is 11.6 Å². The van der Waals surface area contributed by atoms with Gasteiger partial charge in [0.05, 0.1) is 11.8 Å². The first-order chi connectivity index (χ1) is 9.42. The number of carboxylic acids is 1. The van der Waals surface area contributed by atoms with E-state index >= 15 is 0 Å². The van der Waals surface area contributed by atoms with Crippen molar-refractivity contribution in [2.45, 2.75) is 31.7 Å². The Morgan fingerprint density at radius 1 is 1.60 bits per heavy atom. The highest BCUT2D eigenvalue weighted by Crippen LogP contribution is 2.34. The number of likely N-dealkylation sites (tertiary alicyclic amines) is 1. The molecule has 108 valence electrons. The lowest BCUT2D eigenvalue weighted by molar-refractivity contribution is -0.148. The van der Waals surface area contributed by atoms with E-state index < -0.39 is 23.2 Å². The van der Waals surface area contributed by atoms with Gasteiger partial charge in [-0.15, -0.1) is 0 Å². The van der Waals surface area contributed by atoms with E-state index in [4.69, 9.17) is 11.6 Å². The minimum absolute atomic E-state index is 0.104. The molecule has 1 N–H and O–H groups in total. The summed E-state index contributed by atoms with van der Waals surface area (Å²) >= 11 is 5.81. The first-order valence-corrected chi connectivity index (χ1v) is 6.66. The summed E-state index contributed by atoms with van der Waals surface area (Å²) in [6, 6.07) is 0.984. The molecule has 2 rings (SSSR count). The number of nitrogens with zero attached hydrogens (tertiary/aromatic N) is 2. The first kappa shape index (κ1) is 14.7. The van der Waals surface area contributed by atoms with Crippen molar-refractivity contribution in [1.82, 2.24) is 9.88 Å². The molecule has 2 heterocycles. The summed E-state index contributed by atoms with van der Waals surface area (Å²) in [6.07, 6.45) is 2.17. The Morgan fingerprint density at radius 2 is 2.30 bits per heavy atom. The van der Waals surface area contributed by atoms with Crippen molar-refractivity contribution in [1.29, 1.82) is 0 Å². The van der Waals surface area contributed by atoms with Crippen LogP contribution in [0.2, 0.25) is 5.15 Å². The standard InChI is InChI=1S/C13H14ClFN2O3/c1-2-13(12(19)20)4-3-5-17(13)11(18)9-6-8(15)7-16-10(9)14/h6-7H,2-5H2,1H3,(H,19,20). The van der Waals surface area contributed by atoms with Crippen LogP contribution in [-0.2, 0) is 4.79 Å². The fraction of sp³-hybridized carbons (Fsp3) is 0.462. The van der Waals surface area contributed by atoms with Gasteiger partial charge >= 0.3 is 5.97 Å². The number of carboxylic acid groups (broad SMARTS) is 1. The van der Waals surface area contributed by atoms with Crippen molar-refractivity contribution < 1.29 is 19.1 Å². The van der Waals surface area contributed by atoms with Gasteiger partial charge in [-0.2, -0.15) is 0 Å². The molecule has 0 bridgehead atoms. The number of carbonyl (C=O) groups is 2. The Balaban J connectivity index is 2.42. The number of amides is 1. The summed E-state index contributed by atoms with van der Waals surface area (Å²) in [5, 5.41) is 9.31. The molecule has 1 saturated heterocycles. The highest BCUT2D eigenvalue weighted by molar-refractivity contribution is 6.32. The average Bonchev–Trinajstić information content (AvgIpc) is 2.85. The van der Waals surface area contributed by atoms with Crippen LogP contribution in [0.3, 0.4) is 0 Å². The zero-order valence-electron chi connectivity index (χ0n) is 10.9. The molecule has 1 aliphatic rings. The normalized spacial score (nSPS) is 22.1. The van der Waals surface area contributed by atoms with Crippen LogP contribution < -0.4 is 0 Å². The van der Waals surface area contributed by atoms with E-state index in [9.17, 15) is 19.1 Å². The molecule has 0 saturated carbocycles. The lowest BCUT2D eigenvalue weighted by atomic mass is 9.92. The van der Waals surface area contributed by atoms with Gasteiger partial charge < -0.3 is 10.0 Å². The number of aliphatic carboxylic acids is 1. The van der Waals surface area contributed by atoms with E-state index in [2.05, 4.69) is 4.98 Å². The van der Waals surface area contributed by atoms with Crippen molar-refractivity contribution in [3.63, 3.8) is 0 Å². The van der Waals surface area contributed by atoms with Crippen molar-refractivity contribution >= 4 is 23.5 Å². The maximum atomic E-state index is 13.2. The minimum Gasteiger partial charge on any atom is -0.479 e. The third-order valence-electron chi connectivity index (χ3n) is 3.75. The van der Waals surface area contributed by atoms with Gasteiger partial charge in [-0.3, -0.25) is 4.79 Å². The van der Waals surface area contributed by atoms with E-state index in [1.54, 1.807) is 6.92 Å². The summed E-state index contributed by atoms with van der Waals surface area (Å²) in [7, 11) is 0. The number of rotatable bonds is 3. The summed E-state index contributed by atoms with van der Waals surface area (Å²) < 4.78 is 13.2. The van der Waals surface area contributed by atoms with Gasteiger partial charge in [-0.1, -0.05) is 18.5 Å². The van der Waals surface area contributed by atoms with E-state index in [1.165, 1.54) is 4.90 Å². The number of halogens is 2. The number of hydrogen-bond acceptors (Lipinski definition) is 3. The van der Waals surface area contributed by atoms with Crippen LogP contribution in [0.5, 0.6) is 0 Å². The molecule has 1 amide bonds. The zero-order valence-corrected chi connectivity index (χ0v) is 11.7. The number of pyridine rings is 1. The third kappa shape index (κ3) is 2.24. The molecule has 0 radical (unpaired) electrons. The van der Waals surface area contributed by atoms with Gasteiger partial charge in [0, 0.05) is 6.54 Å². The molecule has 1 aliphatic heterocycles. The Bertz CT molecular complexity index is 567. The number of hydrogen-bond donors (Lipinski definition) is 1. The predicted octanol–water partition coefficient (Wildman–Crippen LogP) is 2.34. The maximum absolute atomic E-state index is 13.2. The fourth-order valence-electron chi connectivity index (χ4n) is 2.63. The smallest absolute Gasteiger partial charge is 0.329 e. The quantitative estimate of drug-likeness (QED) is 0.870. The molecule has 20 heavy (non-hydrogen) atoms. The topological polar surface area (TPSA) is 70.5 Å². The molecule has 1 atom stereocenters. The van der Waals surface area contributed by atoms with Gasteiger partial charge in [0.15, 0.2) is 0 Å². The van der Waals surface area contributed by atoms with Crippen molar-refractivity contribution in [2.75, 3.05) is 6.54 Å². The van der Waals surface area contributed by atoms with Crippen LogP contribution in [0.25, 0.3) is 0 Å². The largest absolute Gasteiger partial charge is 0.479 e. The second-order valence-electron chi connectivity index (χ2n) is 4.74. The van der Waals surface area contributed by atoms with Crippen LogP contribution in [0.15, 0.2) is 12.3 Å². The predicted molar refractivity (Wildman–Crippen MR) is 70.1 cm³/mol. The molecule has 5 nitrogen and oxygen atoms in total. The van der Waals surface area contributed by atoms with Crippen LogP contribution in [0, 0.1) is 5.82 Å². The van der Waals surface area contributed by atoms with Crippen molar-refractivity contribution in [3.8, 4) is 0 Å². The third-order valence-corrected chi connectivity index (χ3v) is 4.05. The van der Waals surface area contributed by atoms with Gasteiger partial charge in [0.25, 0.3) is 5.91 Å². The Hall–Kier alpha value is -1.69. The fourth-order valence-corrected chi connectivity index (χ4v) is 2.82. The van der Waals surface area contributed by atoms with Crippen LogP contribution in [0.4, 0.5) is 4.39 Å². The number of aromatic nitrogens is 1. The zero-order chi connectivity index (χ0) is 14.9. The summed E-state index contributed by atoms with van der Waals surface area (Å²) in [6.45, 7) is 2.02. The van der Waals surface area contributed by atoms with Crippen molar-refractivity contribution in [2.24, 2.45) is 0 Å². The van der Waals surface area contributed by atoms with E-state index in [0.717, 1.165) is 12.3 Å². The highest BCUT2D eigenvalue weighted by Gasteiger charge is 2.49. The summed E-state index contributed by atoms with van der Waals surface area (Å²) in [5.74, 6) is -2.33. The monoisotopic (exact) mass is 300 g/mol. The summed E-state index contributed by atoms with van der Waals surface area (Å²) in [5.41, 5.74) is -1.35. The molecular formula is C13H14ClFN2O3. The lowest BCUT2D eigenvalue weighted by Gasteiger charge is -2.34.